The van der Waals surface area contributed by atoms with Gasteiger partial charge in [0.05, 0.1) is 19.4 Å². The Morgan fingerprint density at radius 1 is 1.16 bits per heavy atom. The highest BCUT2D eigenvalue weighted by Crippen LogP contribution is 2.39. The molecule has 0 unspecified atom stereocenters. The topological polar surface area (TPSA) is 78.8 Å². The van der Waals surface area contributed by atoms with Crippen molar-refractivity contribution < 1.29 is 23.5 Å². The predicted molar refractivity (Wildman–Crippen MR) is 131 cm³/mol. The van der Waals surface area contributed by atoms with Crippen molar-refractivity contribution in [1.29, 1.82) is 0 Å². The fraction of sp³-hybridized carbons (Fsp3) is 0.478. The zero-order valence-electron chi connectivity index (χ0n) is 17.9. The molecular formula is C23H30BrFNO4PS. The Hall–Kier alpha value is -0.730. The van der Waals surface area contributed by atoms with Crippen LogP contribution in [0.4, 0.5) is 4.39 Å². The van der Waals surface area contributed by atoms with Crippen LogP contribution in [0.5, 0.6) is 0 Å². The maximum absolute atomic E-state index is 14.2. The summed E-state index contributed by atoms with van der Waals surface area (Å²) < 4.78 is 31.6. The fourth-order valence-electron chi connectivity index (χ4n) is 3.84. The molecule has 9 heteroatoms. The molecule has 0 amide bonds. The van der Waals surface area contributed by atoms with Crippen LogP contribution in [-0.4, -0.2) is 41.5 Å². The van der Waals surface area contributed by atoms with Crippen molar-refractivity contribution in [1.82, 2.24) is 5.32 Å². The smallest absolute Gasteiger partial charge is 0.325 e. The van der Waals surface area contributed by atoms with E-state index in [4.69, 9.17) is 14.5 Å². The molecule has 1 aliphatic rings. The SMILES string of the molecule is O=P(O)(O)CCCNCc1ccc(SCCCCC2(c3ccccc3F)COC2)c(Br)c1. The third-order valence-electron chi connectivity index (χ3n) is 5.64. The monoisotopic (exact) mass is 545 g/mol. The highest BCUT2D eigenvalue weighted by atomic mass is 79.9. The number of rotatable bonds is 13. The average molecular weight is 546 g/mol. The van der Waals surface area contributed by atoms with Crippen molar-refractivity contribution in [2.24, 2.45) is 0 Å². The molecule has 0 aliphatic carbocycles. The number of unbranched alkanes of at least 4 members (excludes halogenated alkanes) is 1. The minimum atomic E-state index is -3.91. The van der Waals surface area contributed by atoms with E-state index < -0.39 is 7.60 Å². The Bertz CT molecular complexity index is 938. The first-order valence-corrected chi connectivity index (χ1v) is 14.4. The summed E-state index contributed by atoms with van der Waals surface area (Å²) >= 11 is 5.45. The van der Waals surface area contributed by atoms with Gasteiger partial charge in [-0.05, 0) is 76.8 Å². The molecular weight excluding hydrogens is 516 g/mol. The number of thioether (sulfide) groups is 1. The van der Waals surface area contributed by atoms with Crippen LogP contribution >= 0.6 is 35.3 Å². The van der Waals surface area contributed by atoms with E-state index in [0.717, 1.165) is 40.6 Å². The first kappa shape index (κ1) is 25.9. The quantitative estimate of drug-likeness (QED) is 0.176. The van der Waals surface area contributed by atoms with Gasteiger partial charge in [-0.2, -0.15) is 0 Å². The van der Waals surface area contributed by atoms with Crippen LogP contribution in [0.25, 0.3) is 0 Å². The Morgan fingerprint density at radius 3 is 2.59 bits per heavy atom. The van der Waals surface area contributed by atoms with Crippen LogP contribution in [0.2, 0.25) is 0 Å². The minimum Gasteiger partial charge on any atom is -0.379 e. The summed E-state index contributed by atoms with van der Waals surface area (Å²) in [6, 6.07) is 13.3. The molecule has 1 aliphatic heterocycles. The summed E-state index contributed by atoms with van der Waals surface area (Å²) in [4.78, 5) is 18.9. The molecule has 0 spiro atoms. The Balaban J connectivity index is 1.38. The number of ether oxygens (including phenoxy) is 1. The third kappa shape index (κ3) is 7.66. The van der Waals surface area contributed by atoms with Crippen LogP contribution in [0.3, 0.4) is 0 Å². The van der Waals surface area contributed by atoms with Crippen LogP contribution in [0, 0.1) is 5.82 Å². The summed E-state index contributed by atoms with van der Waals surface area (Å²) in [5.41, 5.74) is 1.73. The highest BCUT2D eigenvalue weighted by molar-refractivity contribution is 9.10. The summed E-state index contributed by atoms with van der Waals surface area (Å²) in [7, 11) is -3.91. The van der Waals surface area contributed by atoms with Crippen LogP contribution < -0.4 is 5.32 Å². The van der Waals surface area contributed by atoms with Gasteiger partial charge in [0.2, 0.25) is 0 Å². The van der Waals surface area contributed by atoms with Crippen molar-refractivity contribution in [2.75, 3.05) is 31.7 Å². The van der Waals surface area contributed by atoms with Crippen LogP contribution in [0.1, 0.15) is 36.8 Å². The largest absolute Gasteiger partial charge is 0.379 e. The number of hydrogen-bond donors (Lipinski definition) is 3. The van der Waals surface area contributed by atoms with E-state index in [2.05, 4.69) is 39.4 Å². The van der Waals surface area contributed by atoms with Gasteiger partial charge < -0.3 is 19.8 Å². The van der Waals surface area contributed by atoms with Crippen molar-refractivity contribution in [3.05, 3.63) is 63.9 Å². The molecule has 5 nitrogen and oxygen atoms in total. The molecule has 32 heavy (non-hydrogen) atoms. The molecule has 0 bridgehead atoms. The second-order valence-electron chi connectivity index (χ2n) is 8.24. The fourth-order valence-corrected chi connectivity index (χ4v) is 6.11. The third-order valence-corrected chi connectivity index (χ3v) is 8.61. The highest BCUT2D eigenvalue weighted by Gasteiger charge is 2.41. The standard InChI is InChI=1S/C23H30BrFNO4PS/c24-20-14-18(15-26-11-5-12-31(27,28)29)8-9-22(20)32-13-4-3-10-23(16-30-17-23)19-6-1-2-7-21(19)25/h1-2,6-9,14,26H,3-5,10-13,15-17H2,(H2,27,28,29). The normalized spacial score (nSPS) is 15.5. The number of nitrogens with one attached hydrogen (secondary N) is 1. The van der Waals surface area contributed by atoms with E-state index in [1.54, 1.807) is 17.8 Å². The van der Waals surface area contributed by atoms with Crippen molar-refractivity contribution in [2.45, 2.75) is 42.5 Å². The minimum absolute atomic E-state index is 0.0896. The van der Waals surface area contributed by atoms with Gasteiger partial charge in [-0.3, -0.25) is 4.57 Å². The first-order valence-electron chi connectivity index (χ1n) is 10.8. The summed E-state index contributed by atoms with van der Waals surface area (Å²) in [6.07, 6.45) is 3.37. The van der Waals surface area contributed by atoms with E-state index in [1.807, 2.05) is 12.1 Å². The Labute approximate surface area is 201 Å². The van der Waals surface area contributed by atoms with Crippen molar-refractivity contribution in [3.8, 4) is 0 Å². The molecule has 1 heterocycles. The maximum atomic E-state index is 14.2. The van der Waals surface area contributed by atoms with Crippen molar-refractivity contribution in [3.63, 3.8) is 0 Å². The molecule has 2 aromatic carbocycles. The molecule has 0 atom stereocenters. The maximum Gasteiger partial charge on any atom is 0.325 e. The van der Waals surface area contributed by atoms with E-state index in [0.29, 0.717) is 32.7 Å². The summed E-state index contributed by atoms with van der Waals surface area (Å²) in [5.74, 6) is 0.859. The molecule has 176 valence electrons. The van der Waals surface area contributed by atoms with E-state index in [9.17, 15) is 8.96 Å². The van der Waals surface area contributed by atoms with Gasteiger partial charge in [0.15, 0.2) is 0 Å². The number of hydrogen-bond acceptors (Lipinski definition) is 4. The van der Waals surface area contributed by atoms with Crippen LogP contribution in [0.15, 0.2) is 51.8 Å². The zero-order chi connectivity index (χ0) is 23.0. The molecule has 1 fully saturated rings. The molecule has 0 radical (unpaired) electrons. The summed E-state index contributed by atoms with van der Waals surface area (Å²) in [6.45, 7) is 2.42. The predicted octanol–water partition coefficient (Wildman–Crippen LogP) is 5.48. The van der Waals surface area contributed by atoms with E-state index >= 15 is 0 Å². The lowest BCUT2D eigenvalue weighted by Gasteiger charge is -2.42. The summed E-state index contributed by atoms with van der Waals surface area (Å²) in [5, 5.41) is 3.22. The number of halogens is 2. The molecule has 1 saturated heterocycles. The molecule has 0 aromatic heterocycles. The Morgan fingerprint density at radius 2 is 1.94 bits per heavy atom. The Kier molecular flexibility index (Phi) is 9.80. The lowest BCUT2D eigenvalue weighted by atomic mass is 9.74. The van der Waals surface area contributed by atoms with Gasteiger partial charge >= 0.3 is 7.60 Å². The lowest BCUT2D eigenvalue weighted by molar-refractivity contribution is -0.0668. The average Bonchev–Trinajstić information content (AvgIpc) is 2.70. The zero-order valence-corrected chi connectivity index (χ0v) is 21.2. The molecule has 2 aromatic rings. The second-order valence-corrected chi connectivity index (χ2v) is 12.0. The van der Waals surface area contributed by atoms with E-state index in [-0.39, 0.29) is 17.4 Å². The van der Waals surface area contributed by atoms with E-state index in [1.165, 1.54) is 11.0 Å². The van der Waals surface area contributed by atoms with Crippen LogP contribution in [-0.2, 0) is 21.3 Å². The molecule has 0 saturated carbocycles. The number of benzene rings is 2. The van der Waals surface area contributed by atoms with Gasteiger partial charge in [-0.25, -0.2) is 4.39 Å². The van der Waals surface area contributed by atoms with Gasteiger partial charge in [-0.15, -0.1) is 11.8 Å². The van der Waals surface area contributed by atoms with Gasteiger partial charge in [0.1, 0.15) is 5.82 Å². The van der Waals surface area contributed by atoms with Gasteiger partial charge in [-0.1, -0.05) is 30.7 Å². The lowest BCUT2D eigenvalue weighted by Crippen LogP contribution is -2.47. The first-order chi connectivity index (χ1) is 15.3. The molecule has 3 N–H and O–H groups in total. The second kappa shape index (κ2) is 12.1. The van der Waals surface area contributed by atoms with Gasteiger partial charge in [0.25, 0.3) is 0 Å². The molecule has 3 rings (SSSR count). The van der Waals surface area contributed by atoms with Gasteiger partial charge in [0, 0.05) is 21.3 Å². The van der Waals surface area contributed by atoms with Crippen molar-refractivity contribution >= 4 is 35.3 Å².